The summed E-state index contributed by atoms with van der Waals surface area (Å²) in [5, 5.41) is 9.64. The molecule has 2 rings (SSSR count). The summed E-state index contributed by atoms with van der Waals surface area (Å²) in [5.74, 6) is 0. The summed E-state index contributed by atoms with van der Waals surface area (Å²) in [6.45, 7) is 8.23. The Kier molecular flexibility index (Phi) is 3.28. The summed E-state index contributed by atoms with van der Waals surface area (Å²) >= 11 is 0. The minimum absolute atomic E-state index is 0.00270. The Labute approximate surface area is 115 Å². The van der Waals surface area contributed by atoms with Crippen LogP contribution in [-0.2, 0) is 15.4 Å². The van der Waals surface area contributed by atoms with Crippen molar-refractivity contribution in [3.63, 3.8) is 0 Å². The third kappa shape index (κ3) is 2.83. The first-order valence-electron chi connectivity index (χ1n) is 6.35. The molecule has 106 valence electrons. The van der Waals surface area contributed by atoms with Gasteiger partial charge in [0, 0.05) is 13.1 Å². The standard InChI is InChI=1S/C14H21NO3S/c1-13(2,3)11-5-7-12(8-6-11)19(17,18)15-9-14(4,16)10-15/h5-8,16H,9-10H2,1-4H3. The van der Waals surface area contributed by atoms with E-state index in [4.69, 9.17) is 0 Å². The summed E-state index contributed by atoms with van der Waals surface area (Å²) in [4.78, 5) is 0.288. The van der Waals surface area contributed by atoms with Crippen LogP contribution in [0.2, 0.25) is 0 Å². The molecule has 4 nitrogen and oxygen atoms in total. The van der Waals surface area contributed by atoms with Crippen molar-refractivity contribution < 1.29 is 13.5 Å². The zero-order valence-electron chi connectivity index (χ0n) is 11.8. The van der Waals surface area contributed by atoms with E-state index in [0.717, 1.165) is 5.56 Å². The molecule has 1 aromatic carbocycles. The Balaban J connectivity index is 2.23. The van der Waals surface area contributed by atoms with Gasteiger partial charge < -0.3 is 5.11 Å². The molecule has 0 unspecified atom stereocenters. The van der Waals surface area contributed by atoms with Crippen molar-refractivity contribution in [1.82, 2.24) is 4.31 Å². The van der Waals surface area contributed by atoms with Crippen LogP contribution in [0.3, 0.4) is 0 Å². The molecule has 1 N–H and O–H groups in total. The highest BCUT2D eigenvalue weighted by Gasteiger charge is 2.43. The van der Waals surface area contributed by atoms with Crippen LogP contribution in [0.15, 0.2) is 29.2 Å². The average molecular weight is 283 g/mol. The second-order valence-corrected chi connectivity index (χ2v) is 8.48. The molecule has 0 aromatic heterocycles. The van der Waals surface area contributed by atoms with E-state index >= 15 is 0 Å². The second-order valence-electron chi connectivity index (χ2n) is 6.54. The van der Waals surface area contributed by atoms with Crippen molar-refractivity contribution in [3.8, 4) is 0 Å². The molecule has 5 heteroatoms. The number of nitrogens with zero attached hydrogens (tertiary/aromatic N) is 1. The molecule has 0 radical (unpaired) electrons. The molecule has 1 aliphatic rings. The fraction of sp³-hybridized carbons (Fsp3) is 0.571. The summed E-state index contributed by atoms with van der Waals surface area (Å²) in [6.07, 6.45) is 0. The second kappa shape index (κ2) is 4.30. The molecule has 1 aromatic rings. The van der Waals surface area contributed by atoms with E-state index in [1.165, 1.54) is 4.31 Å². The van der Waals surface area contributed by atoms with E-state index in [-0.39, 0.29) is 23.4 Å². The van der Waals surface area contributed by atoms with Crippen LogP contribution in [0.4, 0.5) is 0 Å². The fourth-order valence-corrected chi connectivity index (χ4v) is 3.83. The van der Waals surface area contributed by atoms with Crippen LogP contribution in [0.25, 0.3) is 0 Å². The van der Waals surface area contributed by atoms with Gasteiger partial charge in [-0.3, -0.25) is 0 Å². The lowest BCUT2D eigenvalue weighted by Crippen LogP contribution is -2.61. The highest BCUT2D eigenvalue weighted by molar-refractivity contribution is 7.89. The van der Waals surface area contributed by atoms with E-state index in [2.05, 4.69) is 20.8 Å². The Bertz CT molecular complexity index is 560. The van der Waals surface area contributed by atoms with Crippen molar-refractivity contribution in [2.45, 2.75) is 43.6 Å². The van der Waals surface area contributed by atoms with Crippen LogP contribution in [-0.4, -0.2) is 36.5 Å². The Morgan fingerprint density at radius 3 is 2.00 bits per heavy atom. The minimum Gasteiger partial charge on any atom is -0.387 e. The highest BCUT2D eigenvalue weighted by Crippen LogP contribution is 2.29. The van der Waals surface area contributed by atoms with Gasteiger partial charge in [-0.1, -0.05) is 32.9 Å². The van der Waals surface area contributed by atoms with Gasteiger partial charge in [0.1, 0.15) is 0 Å². The number of sulfonamides is 1. The number of benzene rings is 1. The Morgan fingerprint density at radius 2 is 1.63 bits per heavy atom. The van der Waals surface area contributed by atoms with Gasteiger partial charge in [-0.2, -0.15) is 4.31 Å². The fourth-order valence-electron chi connectivity index (χ4n) is 2.16. The van der Waals surface area contributed by atoms with Gasteiger partial charge in [0.15, 0.2) is 0 Å². The molecule has 1 heterocycles. The molecule has 0 aliphatic carbocycles. The zero-order chi connectivity index (χ0) is 14.5. The van der Waals surface area contributed by atoms with Gasteiger partial charge in [0.2, 0.25) is 10.0 Å². The van der Waals surface area contributed by atoms with E-state index < -0.39 is 15.6 Å². The van der Waals surface area contributed by atoms with E-state index in [0.29, 0.717) is 0 Å². The summed E-state index contributed by atoms with van der Waals surface area (Å²) < 4.78 is 25.9. The summed E-state index contributed by atoms with van der Waals surface area (Å²) in [5.41, 5.74) is 0.211. The first kappa shape index (κ1) is 14.5. The van der Waals surface area contributed by atoms with Crippen molar-refractivity contribution >= 4 is 10.0 Å². The van der Waals surface area contributed by atoms with E-state index in [1.54, 1.807) is 19.1 Å². The molecule has 1 fully saturated rings. The first-order valence-corrected chi connectivity index (χ1v) is 7.79. The van der Waals surface area contributed by atoms with Crippen LogP contribution < -0.4 is 0 Å². The third-order valence-corrected chi connectivity index (χ3v) is 5.20. The smallest absolute Gasteiger partial charge is 0.243 e. The number of rotatable bonds is 2. The lowest BCUT2D eigenvalue weighted by atomic mass is 9.87. The number of hydrogen-bond acceptors (Lipinski definition) is 3. The van der Waals surface area contributed by atoms with Crippen LogP contribution >= 0.6 is 0 Å². The quantitative estimate of drug-likeness (QED) is 0.899. The SMILES string of the molecule is CC1(O)CN(S(=O)(=O)c2ccc(C(C)(C)C)cc2)C1. The zero-order valence-corrected chi connectivity index (χ0v) is 12.7. The third-order valence-electron chi connectivity index (χ3n) is 3.39. The Morgan fingerprint density at radius 1 is 1.16 bits per heavy atom. The van der Waals surface area contributed by atoms with Gasteiger partial charge in [-0.15, -0.1) is 0 Å². The normalized spacial score (nSPS) is 20.1. The van der Waals surface area contributed by atoms with Gasteiger partial charge in [-0.25, -0.2) is 8.42 Å². The Hall–Kier alpha value is -0.910. The summed E-state index contributed by atoms with van der Waals surface area (Å²) in [7, 11) is -3.46. The molecule has 1 aliphatic heterocycles. The van der Waals surface area contributed by atoms with E-state index in [1.807, 2.05) is 12.1 Å². The number of β-amino-alcohol motifs (C(OH)–C–C–N with tert-alkyl or cyclic N) is 1. The van der Waals surface area contributed by atoms with E-state index in [9.17, 15) is 13.5 Å². The van der Waals surface area contributed by atoms with Crippen molar-refractivity contribution in [2.75, 3.05) is 13.1 Å². The monoisotopic (exact) mass is 283 g/mol. The average Bonchev–Trinajstić information content (AvgIpc) is 2.25. The summed E-state index contributed by atoms with van der Waals surface area (Å²) in [6, 6.07) is 6.99. The molecule has 0 saturated carbocycles. The largest absolute Gasteiger partial charge is 0.387 e. The van der Waals surface area contributed by atoms with Crippen molar-refractivity contribution in [3.05, 3.63) is 29.8 Å². The molecule has 0 bridgehead atoms. The predicted octanol–water partition coefficient (Wildman–Crippen LogP) is 1.74. The molecule has 19 heavy (non-hydrogen) atoms. The maximum absolute atomic E-state index is 12.3. The van der Waals surface area contributed by atoms with Gasteiger partial charge in [0.05, 0.1) is 10.5 Å². The van der Waals surface area contributed by atoms with Crippen LogP contribution in [0, 0.1) is 0 Å². The van der Waals surface area contributed by atoms with Gasteiger partial charge >= 0.3 is 0 Å². The minimum atomic E-state index is -3.46. The number of hydrogen-bond donors (Lipinski definition) is 1. The first-order chi connectivity index (χ1) is 8.52. The molecule has 0 spiro atoms. The lowest BCUT2D eigenvalue weighted by Gasteiger charge is -2.42. The maximum Gasteiger partial charge on any atom is 0.243 e. The van der Waals surface area contributed by atoms with Crippen LogP contribution in [0.1, 0.15) is 33.3 Å². The lowest BCUT2D eigenvalue weighted by molar-refractivity contribution is -0.0426. The van der Waals surface area contributed by atoms with Crippen molar-refractivity contribution in [1.29, 1.82) is 0 Å². The van der Waals surface area contributed by atoms with Gasteiger partial charge in [-0.05, 0) is 30.0 Å². The molecule has 1 saturated heterocycles. The van der Waals surface area contributed by atoms with Crippen molar-refractivity contribution in [2.24, 2.45) is 0 Å². The molecular weight excluding hydrogens is 262 g/mol. The predicted molar refractivity (Wildman–Crippen MR) is 74.5 cm³/mol. The van der Waals surface area contributed by atoms with Gasteiger partial charge in [0.25, 0.3) is 0 Å². The molecule has 0 amide bonds. The molecule has 0 atom stereocenters. The highest BCUT2D eigenvalue weighted by atomic mass is 32.2. The maximum atomic E-state index is 12.3. The topological polar surface area (TPSA) is 57.6 Å². The van der Waals surface area contributed by atoms with Crippen LogP contribution in [0.5, 0.6) is 0 Å². The molecular formula is C14H21NO3S. The number of aliphatic hydroxyl groups is 1.